The van der Waals surface area contributed by atoms with Crippen molar-refractivity contribution in [3.8, 4) is 0 Å². The Hall–Kier alpha value is -1.81. The molecule has 2 aromatic heterocycles. The number of nitrogen functional groups attached to an aromatic ring is 1. The van der Waals surface area contributed by atoms with Gasteiger partial charge in [-0.25, -0.2) is 15.0 Å². The Bertz CT molecular complexity index is 679. The van der Waals surface area contributed by atoms with Crippen LogP contribution in [0.25, 0.3) is 11.2 Å². The minimum Gasteiger partial charge on any atom is -0.394 e. The van der Waals surface area contributed by atoms with Crippen molar-refractivity contribution in [1.29, 1.82) is 0 Å². The average Bonchev–Trinajstić information content (AvgIpc) is 2.92. The van der Waals surface area contributed by atoms with Gasteiger partial charge in [-0.15, -0.1) is 0 Å². The van der Waals surface area contributed by atoms with E-state index in [-0.39, 0.29) is 17.0 Å². The minimum absolute atomic E-state index is 0.129. The number of nitrogens with two attached hydrogens (primary N) is 1. The van der Waals surface area contributed by atoms with Crippen LogP contribution in [-0.4, -0.2) is 59.7 Å². The predicted octanol–water partition coefficient (Wildman–Crippen LogP) is -1.98. The van der Waals surface area contributed by atoms with Crippen LogP contribution < -0.4 is 5.73 Å². The lowest BCUT2D eigenvalue weighted by Gasteiger charge is -2.16. The molecule has 102 valence electrons. The molecule has 1 fully saturated rings. The first-order valence-electron chi connectivity index (χ1n) is 6.51. The largest absolute Gasteiger partial charge is 0.394 e. The monoisotopic (exact) mass is 274 g/mol. The molecule has 5 N–H and O–H groups in total. The minimum atomic E-state index is -2.54. The molecule has 3 rings (SSSR count). The molecule has 0 spiro atoms. The third-order valence-electron chi connectivity index (χ3n) is 2.95. The van der Waals surface area contributed by atoms with Crippen molar-refractivity contribution in [2.75, 3.05) is 12.3 Å². The van der Waals surface area contributed by atoms with Gasteiger partial charge >= 0.3 is 0 Å². The SMILES string of the molecule is [2H][13CH](O)[13C@H]1O[13C@@H](n2cnc3c(N)ncnc32)[13C@H](O)[13C@]1([2H])O. The highest BCUT2D eigenvalue weighted by Crippen LogP contribution is 2.31. The fourth-order valence-corrected chi connectivity index (χ4v) is 1.99. The fourth-order valence-electron chi connectivity index (χ4n) is 1.99. The van der Waals surface area contributed by atoms with Crippen LogP contribution >= 0.6 is 0 Å². The number of aliphatic hydroxyl groups excluding tert-OH is 2. The summed E-state index contributed by atoms with van der Waals surface area (Å²) in [6, 6.07) is 0. The molecule has 5 atom stereocenters. The van der Waals surface area contributed by atoms with E-state index in [1.807, 2.05) is 0 Å². The molecule has 1 aliphatic rings. The number of ether oxygens (including phenoxy) is 1. The van der Waals surface area contributed by atoms with Crippen molar-refractivity contribution >= 4 is 17.0 Å². The molecule has 0 aromatic carbocycles. The highest BCUT2D eigenvalue weighted by molar-refractivity contribution is 5.81. The van der Waals surface area contributed by atoms with Crippen LogP contribution in [-0.2, 0) is 4.74 Å². The second-order valence-corrected chi connectivity index (χ2v) is 4.05. The van der Waals surface area contributed by atoms with Crippen molar-refractivity contribution in [3.63, 3.8) is 0 Å². The predicted molar refractivity (Wildman–Crippen MR) is 62.7 cm³/mol. The summed E-state index contributed by atoms with van der Waals surface area (Å²) in [5, 5.41) is 29.2. The lowest BCUT2D eigenvalue weighted by Crippen LogP contribution is -2.33. The van der Waals surface area contributed by atoms with Gasteiger partial charge in [-0.05, 0) is 0 Å². The summed E-state index contributed by atoms with van der Waals surface area (Å²) < 4.78 is 21.4. The smallest absolute Gasteiger partial charge is 0.167 e. The average molecular weight is 274 g/mol. The molecule has 0 radical (unpaired) electrons. The molecule has 1 saturated heterocycles. The van der Waals surface area contributed by atoms with Crippen LogP contribution in [0.4, 0.5) is 5.82 Å². The topological polar surface area (TPSA) is 140 Å². The Morgan fingerprint density at radius 2 is 2.26 bits per heavy atom. The molecule has 9 heteroatoms. The van der Waals surface area contributed by atoms with Crippen LogP contribution in [0.5, 0.6) is 0 Å². The number of hydrogen-bond donors (Lipinski definition) is 4. The van der Waals surface area contributed by atoms with E-state index in [1.54, 1.807) is 0 Å². The number of aliphatic hydroxyl groups is 3. The Morgan fingerprint density at radius 3 is 2.95 bits per heavy atom. The molecule has 2 aromatic rings. The van der Waals surface area contributed by atoms with Gasteiger partial charge in [-0.1, -0.05) is 0 Å². The maximum Gasteiger partial charge on any atom is 0.167 e. The molecule has 3 heterocycles. The number of aromatic nitrogens is 4. The summed E-state index contributed by atoms with van der Waals surface area (Å²) in [5.74, 6) is 0.129. The molecule has 1 unspecified atom stereocenters. The maximum absolute atomic E-state index is 10.1. The molecule has 0 bridgehead atoms. The summed E-state index contributed by atoms with van der Waals surface area (Å²) >= 11 is 0. The van der Waals surface area contributed by atoms with Crippen molar-refractivity contribution in [3.05, 3.63) is 12.7 Å². The number of rotatable bonds is 2. The van der Waals surface area contributed by atoms with E-state index < -0.39 is 31.1 Å². The number of fused-ring (bicyclic) bond motifs is 1. The van der Waals surface area contributed by atoms with E-state index in [1.165, 1.54) is 17.2 Å². The molecule has 0 saturated carbocycles. The highest BCUT2D eigenvalue weighted by atomic mass is 16.8. The lowest BCUT2D eigenvalue weighted by molar-refractivity contribution is -0.0511. The van der Waals surface area contributed by atoms with E-state index >= 15 is 0 Å². The zero-order valence-corrected chi connectivity index (χ0v) is 9.58. The first-order valence-corrected chi connectivity index (χ1v) is 5.43. The lowest BCUT2D eigenvalue weighted by atomic mass is 10.5. The zero-order chi connectivity index (χ0) is 15.4. The standard InChI is InChI=1S/C10H13N5O4/c11-8-5-9(13-2-12-8)15(3-14-5)10-7(18)6(17)4(1-16)19-10/h2-4,6-7,10,16-18H,1H2,(H2,11,12,13)/t4-,6-,7-,10-/m1/s1/i1+1D,4+1,6+1D,7+1,10+1/t1?,4-,6-,7-,10-. The number of nitrogens with zero attached hydrogens (tertiary/aromatic N) is 4. The van der Waals surface area contributed by atoms with E-state index in [2.05, 4.69) is 15.0 Å². The Balaban J connectivity index is 2.06. The van der Waals surface area contributed by atoms with Crippen molar-refractivity contribution in [2.24, 2.45) is 0 Å². The highest BCUT2D eigenvalue weighted by Gasteiger charge is 2.43. The van der Waals surface area contributed by atoms with Gasteiger partial charge in [0.2, 0.25) is 0 Å². The van der Waals surface area contributed by atoms with Gasteiger partial charge in [-0.3, -0.25) is 4.57 Å². The third kappa shape index (κ3) is 1.75. The molecule has 1 aliphatic heterocycles. The van der Waals surface area contributed by atoms with Crippen LogP contribution in [0, 0.1) is 0 Å². The van der Waals surface area contributed by atoms with Gasteiger partial charge in [-0.2, -0.15) is 0 Å². The van der Waals surface area contributed by atoms with Crippen molar-refractivity contribution < 1.29 is 22.8 Å². The molecule has 9 nitrogen and oxygen atoms in total. The number of anilines is 1. The van der Waals surface area contributed by atoms with Gasteiger partial charge < -0.3 is 25.8 Å². The second kappa shape index (κ2) is 4.38. The molecule has 19 heavy (non-hydrogen) atoms. The van der Waals surface area contributed by atoms with Crippen LogP contribution in [0.1, 0.15) is 8.97 Å². The number of hydrogen-bond acceptors (Lipinski definition) is 8. The quantitative estimate of drug-likeness (QED) is 0.462. The second-order valence-electron chi connectivity index (χ2n) is 4.05. The van der Waals surface area contributed by atoms with Crippen LogP contribution in [0.3, 0.4) is 0 Å². The van der Waals surface area contributed by atoms with Gasteiger partial charge in [0.25, 0.3) is 0 Å². The zero-order valence-electron chi connectivity index (χ0n) is 11.6. The normalized spacial score (nSPS) is 38.2. The van der Waals surface area contributed by atoms with Crippen molar-refractivity contribution in [2.45, 2.75) is 24.5 Å². The summed E-state index contributed by atoms with van der Waals surface area (Å²) in [6.45, 7) is -1.89. The van der Waals surface area contributed by atoms with Crippen LogP contribution in [0.2, 0.25) is 0 Å². The van der Waals surface area contributed by atoms with Gasteiger partial charge in [0.1, 0.15) is 30.1 Å². The Labute approximate surface area is 110 Å². The van der Waals surface area contributed by atoms with E-state index in [4.69, 9.17) is 13.2 Å². The van der Waals surface area contributed by atoms with Crippen LogP contribution in [0.15, 0.2) is 12.7 Å². The van der Waals surface area contributed by atoms with Gasteiger partial charge in [0, 0.05) is 0 Å². The maximum atomic E-state index is 10.1. The third-order valence-corrected chi connectivity index (χ3v) is 2.95. The summed E-state index contributed by atoms with van der Waals surface area (Å²) in [7, 11) is 0. The van der Waals surface area contributed by atoms with E-state index in [0.717, 1.165) is 0 Å². The molecular weight excluding hydrogens is 259 g/mol. The summed E-state index contributed by atoms with van der Waals surface area (Å²) in [4.78, 5) is 11.7. The van der Waals surface area contributed by atoms with Gasteiger partial charge in [0.05, 0.1) is 15.7 Å². The first kappa shape index (κ1) is 10.0. The summed E-state index contributed by atoms with van der Waals surface area (Å²) in [5.41, 5.74) is 6.16. The van der Waals surface area contributed by atoms with Crippen molar-refractivity contribution in [1.82, 2.24) is 19.5 Å². The first-order chi connectivity index (χ1) is 9.84. The van der Waals surface area contributed by atoms with E-state index in [9.17, 15) is 15.3 Å². The molecular formula is C10H13N5O4. The van der Waals surface area contributed by atoms with E-state index in [0.29, 0.717) is 0 Å². The fraction of sp³-hybridized carbons (Fsp3) is 0.500. The number of imidazole rings is 1. The molecule has 0 amide bonds. The molecule has 0 aliphatic carbocycles. The Morgan fingerprint density at radius 1 is 1.47 bits per heavy atom. The van der Waals surface area contributed by atoms with Gasteiger partial charge in [0.15, 0.2) is 17.7 Å². The Kier molecular flexibility index (Phi) is 2.32. The summed E-state index contributed by atoms with van der Waals surface area (Å²) in [6.07, 6.45) is -4.64.